The molecule has 0 spiro atoms. The molecule has 2 heterocycles. The molecule has 176 valence electrons. The van der Waals surface area contributed by atoms with Crippen LogP contribution in [0.25, 0.3) is 0 Å². The predicted molar refractivity (Wildman–Crippen MR) is 128 cm³/mol. The van der Waals surface area contributed by atoms with Gasteiger partial charge in [0.25, 0.3) is 5.91 Å². The fourth-order valence-corrected chi connectivity index (χ4v) is 4.38. The topological polar surface area (TPSA) is 125 Å². The third kappa shape index (κ3) is 5.23. The molecule has 0 saturated carbocycles. The summed E-state index contributed by atoms with van der Waals surface area (Å²) in [5.74, 6) is -0.423. The second-order valence-corrected chi connectivity index (χ2v) is 10.2. The summed E-state index contributed by atoms with van der Waals surface area (Å²) >= 11 is 0. The molecule has 4 rings (SSSR count). The number of anilines is 1. The van der Waals surface area contributed by atoms with Gasteiger partial charge in [0.1, 0.15) is 5.69 Å². The van der Waals surface area contributed by atoms with Crippen molar-refractivity contribution in [2.45, 2.75) is 31.2 Å². The molecule has 10 heteroatoms. The minimum atomic E-state index is -3.29. The molecule has 34 heavy (non-hydrogen) atoms. The molecule has 1 atom stereocenters. The number of nitrogens with zero attached hydrogens (tertiary/aromatic N) is 3. The van der Waals surface area contributed by atoms with Gasteiger partial charge in [-0.3, -0.25) is 9.59 Å². The summed E-state index contributed by atoms with van der Waals surface area (Å²) in [5.41, 5.74) is 3.33. The number of hydrogen-bond donors (Lipinski definition) is 2. The van der Waals surface area contributed by atoms with Crippen LogP contribution in [0.15, 0.2) is 71.1 Å². The van der Waals surface area contributed by atoms with E-state index in [1.807, 2.05) is 19.1 Å². The molecule has 3 aromatic rings. The highest BCUT2D eigenvalue weighted by Gasteiger charge is 2.29. The van der Waals surface area contributed by atoms with Crippen LogP contribution in [0.4, 0.5) is 5.69 Å². The summed E-state index contributed by atoms with van der Waals surface area (Å²) in [6.07, 6.45) is 5.20. The predicted octanol–water partition coefficient (Wildman–Crippen LogP) is 3.23. The molecule has 0 radical (unpaired) electrons. The first kappa shape index (κ1) is 23.4. The highest BCUT2D eigenvalue weighted by Crippen LogP contribution is 2.26. The minimum absolute atomic E-state index is 0.0348. The molecule has 0 aliphatic carbocycles. The number of hydrazone groups is 1. The van der Waals surface area contributed by atoms with Gasteiger partial charge in [-0.15, -0.1) is 0 Å². The van der Waals surface area contributed by atoms with Gasteiger partial charge in [-0.05, 0) is 41.8 Å². The van der Waals surface area contributed by atoms with Gasteiger partial charge in [-0.25, -0.2) is 18.4 Å². The Kier molecular flexibility index (Phi) is 6.60. The summed E-state index contributed by atoms with van der Waals surface area (Å²) < 4.78 is 23.5. The normalized spacial score (nSPS) is 16.3. The van der Waals surface area contributed by atoms with Gasteiger partial charge in [0.05, 0.1) is 23.5 Å². The average Bonchev–Trinajstić information content (AvgIpc) is 3.36. The number of benzene rings is 2. The lowest BCUT2D eigenvalue weighted by Gasteiger charge is -2.29. The highest BCUT2D eigenvalue weighted by molar-refractivity contribution is 7.90. The van der Waals surface area contributed by atoms with E-state index < -0.39 is 9.84 Å². The standard InChI is InChI=1S/C24H25N5O4S/c1-3-17-12-22(30)29(28-23(17)18-6-10-20(11-7-18)34(2,32)33)14-16-4-8-19(9-5-16)27-24(31)21-13-25-15-26-21/h4-11,13,15,17H,3,12,14H2,1-2H3,(H,25,26)(H,27,31). The van der Waals surface area contributed by atoms with Crippen molar-refractivity contribution in [3.8, 4) is 0 Å². The molecule has 1 aliphatic rings. The van der Waals surface area contributed by atoms with Crippen molar-refractivity contribution in [1.29, 1.82) is 0 Å². The maximum atomic E-state index is 12.7. The summed E-state index contributed by atoms with van der Waals surface area (Å²) in [6.45, 7) is 2.29. The average molecular weight is 480 g/mol. The van der Waals surface area contributed by atoms with Crippen molar-refractivity contribution >= 4 is 33.1 Å². The Hall–Kier alpha value is -3.79. The number of carbonyl (C=O) groups excluding carboxylic acids is 2. The molecular weight excluding hydrogens is 454 g/mol. The summed E-state index contributed by atoms with van der Waals surface area (Å²) in [5, 5.41) is 8.86. The van der Waals surface area contributed by atoms with Crippen molar-refractivity contribution in [3.63, 3.8) is 0 Å². The number of sulfone groups is 1. The number of imidazole rings is 1. The van der Waals surface area contributed by atoms with E-state index in [-0.39, 0.29) is 29.2 Å². The Morgan fingerprint density at radius 2 is 1.85 bits per heavy atom. The van der Waals surface area contributed by atoms with E-state index >= 15 is 0 Å². The van der Waals surface area contributed by atoms with Crippen LogP contribution in [-0.2, 0) is 21.2 Å². The van der Waals surface area contributed by atoms with Gasteiger partial charge in [0.15, 0.2) is 9.84 Å². The number of aromatic nitrogens is 2. The van der Waals surface area contributed by atoms with Crippen LogP contribution in [0.3, 0.4) is 0 Å². The van der Waals surface area contributed by atoms with Crippen molar-refractivity contribution in [2.24, 2.45) is 11.0 Å². The van der Waals surface area contributed by atoms with Crippen LogP contribution in [0.2, 0.25) is 0 Å². The molecule has 2 N–H and O–H groups in total. The fraction of sp³-hybridized carbons (Fsp3) is 0.250. The van der Waals surface area contributed by atoms with Crippen LogP contribution in [-0.4, -0.2) is 47.2 Å². The quantitative estimate of drug-likeness (QED) is 0.538. The van der Waals surface area contributed by atoms with Crippen molar-refractivity contribution in [2.75, 3.05) is 11.6 Å². The Balaban J connectivity index is 1.51. The molecule has 1 aromatic heterocycles. The van der Waals surface area contributed by atoms with E-state index in [4.69, 9.17) is 0 Å². The Morgan fingerprint density at radius 3 is 2.44 bits per heavy atom. The molecule has 0 bridgehead atoms. The number of aromatic amines is 1. The molecule has 9 nitrogen and oxygen atoms in total. The molecule has 0 saturated heterocycles. The first-order chi connectivity index (χ1) is 16.2. The summed E-state index contributed by atoms with van der Waals surface area (Å²) in [7, 11) is -3.29. The molecule has 0 fully saturated rings. The number of carbonyl (C=O) groups is 2. The third-order valence-electron chi connectivity index (χ3n) is 5.67. The third-order valence-corrected chi connectivity index (χ3v) is 6.80. The van der Waals surface area contributed by atoms with Crippen LogP contribution < -0.4 is 5.32 Å². The van der Waals surface area contributed by atoms with E-state index in [2.05, 4.69) is 20.4 Å². The lowest BCUT2D eigenvalue weighted by Crippen LogP contribution is -2.36. The van der Waals surface area contributed by atoms with E-state index in [0.717, 1.165) is 23.3 Å². The fourth-order valence-electron chi connectivity index (χ4n) is 3.75. The number of amides is 2. The van der Waals surface area contributed by atoms with Crippen LogP contribution in [0, 0.1) is 5.92 Å². The van der Waals surface area contributed by atoms with Gasteiger partial charge >= 0.3 is 0 Å². The second kappa shape index (κ2) is 9.60. The van der Waals surface area contributed by atoms with Gasteiger partial charge < -0.3 is 10.3 Å². The Morgan fingerprint density at radius 1 is 1.15 bits per heavy atom. The molecule has 1 unspecified atom stereocenters. The summed E-state index contributed by atoms with van der Waals surface area (Å²) in [4.78, 5) is 31.8. The number of hydrogen-bond acceptors (Lipinski definition) is 6. The lowest BCUT2D eigenvalue weighted by molar-refractivity contribution is -0.133. The highest BCUT2D eigenvalue weighted by atomic mass is 32.2. The maximum absolute atomic E-state index is 12.7. The zero-order valence-corrected chi connectivity index (χ0v) is 19.7. The Labute approximate surface area is 197 Å². The molecule has 1 aliphatic heterocycles. The summed E-state index contributed by atoms with van der Waals surface area (Å²) in [6, 6.07) is 13.8. The zero-order chi connectivity index (χ0) is 24.3. The minimum Gasteiger partial charge on any atom is -0.350 e. The number of rotatable bonds is 7. The maximum Gasteiger partial charge on any atom is 0.275 e. The zero-order valence-electron chi connectivity index (χ0n) is 18.9. The lowest BCUT2D eigenvalue weighted by atomic mass is 9.90. The monoisotopic (exact) mass is 479 g/mol. The Bertz CT molecular complexity index is 1310. The van der Waals surface area contributed by atoms with E-state index in [1.165, 1.54) is 23.8 Å². The van der Waals surface area contributed by atoms with Crippen molar-refractivity contribution in [1.82, 2.24) is 15.0 Å². The largest absolute Gasteiger partial charge is 0.350 e. The van der Waals surface area contributed by atoms with Crippen LogP contribution >= 0.6 is 0 Å². The molecule has 2 amide bonds. The van der Waals surface area contributed by atoms with Gasteiger partial charge in [0.2, 0.25) is 5.91 Å². The smallest absolute Gasteiger partial charge is 0.275 e. The first-order valence-corrected chi connectivity index (χ1v) is 12.7. The van der Waals surface area contributed by atoms with Crippen LogP contribution in [0.1, 0.15) is 41.4 Å². The van der Waals surface area contributed by atoms with Gasteiger partial charge in [0, 0.05) is 30.5 Å². The number of H-pyrrole nitrogens is 1. The van der Waals surface area contributed by atoms with Crippen LogP contribution in [0.5, 0.6) is 0 Å². The van der Waals surface area contributed by atoms with E-state index in [1.54, 1.807) is 36.4 Å². The first-order valence-electron chi connectivity index (χ1n) is 10.8. The van der Waals surface area contributed by atoms with Gasteiger partial charge in [-0.1, -0.05) is 31.2 Å². The van der Waals surface area contributed by atoms with E-state index in [9.17, 15) is 18.0 Å². The molecular formula is C24H25N5O4S. The SMILES string of the molecule is CCC1CC(=O)N(Cc2ccc(NC(=O)c3c[nH]cn3)cc2)N=C1c1ccc(S(C)(=O)=O)cc1. The second-order valence-electron chi connectivity index (χ2n) is 8.15. The van der Waals surface area contributed by atoms with Gasteiger partial charge in [-0.2, -0.15) is 5.10 Å². The van der Waals surface area contributed by atoms with E-state index in [0.29, 0.717) is 17.8 Å². The number of nitrogens with one attached hydrogen (secondary N) is 2. The molecule has 2 aromatic carbocycles. The van der Waals surface area contributed by atoms with Crippen molar-refractivity contribution in [3.05, 3.63) is 77.9 Å². The van der Waals surface area contributed by atoms with Crippen molar-refractivity contribution < 1.29 is 18.0 Å².